The predicted octanol–water partition coefficient (Wildman–Crippen LogP) is 2.41. The summed E-state index contributed by atoms with van der Waals surface area (Å²) in [6.45, 7) is 4.55. The van der Waals surface area contributed by atoms with Crippen molar-refractivity contribution in [1.82, 2.24) is 39.7 Å². The third-order valence-electron chi connectivity index (χ3n) is 8.09. The minimum absolute atomic E-state index is 0.0911. The Morgan fingerprint density at radius 3 is 2.66 bits per heavy atom. The summed E-state index contributed by atoms with van der Waals surface area (Å²) in [7, 11) is 1.92. The van der Waals surface area contributed by atoms with Crippen molar-refractivity contribution < 1.29 is 19.5 Å². The van der Waals surface area contributed by atoms with Crippen molar-refractivity contribution in [2.45, 2.75) is 31.7 Å². The maximum absolute atomic E-state index is 14.2. The molecule has 0 aliphatic carbocycles. The summed E-state index contributed by atoms with van der Waals surface area (Å²) in [5.74, 6) is -0.368. The zero-order chi connectivity index (χ0) is 30.8. The molecular formula is C32H34N8O4. The van der Waals surface area contributed by atoms with Crippen LogP contribution in [0.25, 0.3) is 11.0 Å². The van der Waals surface area contributed by atoms with Gasteiger partial charge in [-0.1, -0.05) is 36.4 Å². The Balaban J connectivity index is 1.37. The number of rotatable bonds is 8. The quantitative estimate of drug-likeness (QED) is 0.300. The number of pyridine rings is 1. The molecule has 2 aromatic carbocycles. The van der Waals surface area contributed by atoms with Crippen LogP contribution in [0, 0.1) is 0 Å². The van der Waals surface area contributed by atoms with Crippen LogP contribution in [0.15, 0.2) is 85.8 Å². The second kappa shape index (κ2) is 12.2. The number of amides is 4. The van der Waals surface area contributed by atoms with Gasteiger partial charge in [0, 0.05) is 32.8 Å². The van der Waals surface area contributed by atoms with Crippen molar-refractivity contribution in [3.63, 3.8) is 0 Å². The lowest BCUT2D eigenvalue weighted by Crippen LogP contribution is -2.76. The molecule has 0 saturated carbocycles. The van der Waals surface area contributed by atoms with Crippen molar-refractivity contribution in [3.05, 3.63) is 103 Å². The molecule has 0 unspecified atom stereocenters. The van der Waals surface area contributed by atoms with E-state index >= 15 is 0 Å². The first-order chi connectivity index (χ1) is 21.3. The van der Waals surface area contributed by atoms with Crippen LogP contribution in [-0.2, 0) is 36.1 Å². The zero-order valence-electron chi connectivity index (χ0n) is 24.4. The number of hydrogen-bond donors (Lipinski definition) is 2. The number of aromatic nitrogens is 3. The number of hydrazine groups is 1. The van der Waals surface area contributed by atoms with Gasteiger partial charge >= 0.3 is 6.03 Å². The van der Waals surface area contributed by atoms with Crippen LogP contribution in [0.5, 0.6) is 5.75 Å². The number of carbonyl (C=O) groups excluding carboxylic acids is 3. The standard InChI is InChI=1S/C32H34N8O4/c1-3-15-38-20-29(42)39-27(16-22-10-12-25(41)13-11-22)31(43)37(18-23-7-6-9-26-30(23)35-21-36(26)2)19-28(39)40(38)32(44)34-17-24-8-4-5-14-33-24/h3-14,21,27-28,41H,1,15-20H2,2H3,(H,34,44)/t27-,28-/m0/s1. The lowest BCUT2D eigenvalue weighted by Gasteiger charge is -2.55. The number of urea groups is 1. The largest absolute Gasteiger partial charge is 0.508 e. The monoisotopic (exact) mass is 594 g/mol. The highest BCUT2D eigenvalue weighted by atomic mass is 16.3. The molecule has 226 valence electrons. The summed E-state index contributed by atoms with van der Waals surface area (Å²) in [5, 5.41) is 16.0. The van der Waals surface area contributed by atoms with Crippen LogP contribution >= 0.6 is 0 Å². The number of aromatic hydroxyl groups is 1. The Morgan fingerprint density at radius 2 is 1.91 bits per heavy atom. The molecule has 6 rings (SSSR count). The molecule has 4 heterocycles. The van der Waals surface area contributed by atoms with Gasteiger partial charge in [-0.2, -0.15) is 0 Å². The Hall–Kier alpha value is -5.23. The van der Waals surface area contributed by atoms with E-state index in [1.54, 1.807) is 63.7 Å². The van der Waals surface area contributed by atoms with Gasteiger partial charge in [-0.15, -0.1) is 6.58 Å². The van der Waals surface area contributed by atoms with Gasteiger partial charge < -0.3 is 24.8 Å². The Kier molecular flexibility index (Phi) is 7.99. The highest BCUT2D eigenvalue weighted by Crippen LogP contribution is 2.30. The van der Waals surface area contributed by atoms with Gasteiger partial charge in [0.2, 0.25) is 11.8 Å². The van der Waals surface area contributed by atoms with Gasteiger partial charge in [-0.3, -0.25) is 14.6 Å². The van der Waals surface area contributed by atoms with E-state index in [-0.39, 0.29) is 56.7 Å². The number of imidazole rings is 1. The number of hydrogen-bond acceptors (Lipinski definition) is 7. The number of nitrogens with zero attached hydrogens (tertiary/aromatic N) is 7. The van der Waals surface area contributed by atoms with Gasteiger partial charge in [0.25, 0.3) is 0 Å². The van der Waals surface area contributed by atoms with Gasteiger partial charge in [0.15, 0.2) is 0 Å². The zero-order valence-corrected chi connectivity index (χ0v) is 24.4. The highest BCUT2D eigenvalue weighted by molar-refractivity contribution is 5.92. The van der Waals surface area contributed by atoms with Crippen LogP contribution in [0.2, 0.25) is 0 Å². The maximum Gasteiger partial charge on any atom is 0.334 e. The number of carbonyl (C=O) groups is 3. The van der Waals surface area contributed by atoms with E-state index in [2.05, 4.69) is 21.9 Å². The molecule has 12 nitrogen and oxygen atoms in total. The van der Waals surface area contributed by atoms with E-state index in [9.17, 15) is 19.5 Å². The third-order valence-corrected chi connectivity index (χ3v) is 8.09. The van der Waals surface area contributed by atoms with Crippen LogP contribution in [-0.4, -0.2) is 89.1 Å². The first-order valence-corrected chi connectivity index (χ1v) is 14.4. The molecule has 0 radical (unpaired) electrons. The van der Waals surface area contributed by atoms with Crippen molar-refractivity contribution >= 4 is 28.9 Å². The summed E-state index contributed by atoms with van der Waals surface area (Å²) in [4.78, 5) is 54.0. The van der Waals surface area contributed by atoms with Crippen LogP contribution in [0.3, 0.4) is 0 Å². The fourth-order valence-corrected chi connectivity index (χ4v) is 6.00. The molecule has 2 saturated heterocycles. The number of benzene rings is 2. The van der Waals surface area contributed by atoms with E-state index in [0.717, 1.165) is 22.2 Å². The molecule has 2 N–H and O–H groups in total. The summed E-state index contributed by atoms with van der Waals surface area (Å²) < 4.78 is 1.92. The molecule has 0 spiro atoms. The highest BCUT2D eigenvalue weighted by Gasteiger charge is 2.51. The lowest BCUT2D eigenvalue weighted by molar-refractivity contribution is -0.189. The van der Waals surface area contributed by atoms with Crippen molar-refractivity contribution in [1.29, 1.82) is 0 Å². The van der Waals surface area contributed by atoms with Crippen LogP contribution in [0.4, 0.5) is 4.79 Å². The van der Waals surface area contributed by atoms with Crippen molar-refractivity contribution in [2.24, 2.45) is 7.05 Å². The number of piperazine rings is 1. The SMILES string of the molecule is C=CCN1CC(=O)N2[C@@H](Cc3ccc(O)cc3)C(=O)N(Cc3cccc4c3ncn4C)C[C@@H]2N1C(=O)NCc1ccccn1. The Bertz CT molecular complexity index is 1690. The summed E-state index contributed by atoms with van der Waals surface area (Å²) >= 11 is 0. The third kappa shape index (κ3) is 5.59. The van der Waals surface area contributed by atoms with E-state index in [1.807, 2.05) is 41.9 Å². The molecule has 44 heavy (non-hydrogen) atoms. The molecule has 2 atom stereocenters. The molecule has 2 fully saturated rings. The number of para-hydroxylation sites is 1. The lowest BCUT2D eigenvalue weighted by atomic mass is 9.98. The fraction of sp³-hybridized carbons (Fsp3) is 0.281. The van der Waals surface area contributed by atoms with E-state index in [1.165, 1.54) is 5.01 Å². The van der Waals surface area contributed by atoms with Crippen LogP contribution in [0.1, 0.15) is 16.8 Å². The smallest absolute Gasteiger partial charge is 0.334 e. The summed E-state index contributed by atoms with van der Waals surface area (Å²) in [6.07, 6.45) is 4.48. The van der Waals surface area contributed by atoms with Crippen LogP contribution < -0.4 is 5.32 Å². The number of aryl methyl sites for hydroxylation is 1. The molecule has 4 amide bonds. The number of phenolic OH excluding ortho intramolecular Hbond substituents is 1. The maximum atomic E-state index is 14.2. The van der Waals surface area contributed by atoms with E-state index in [0.29, 0.717) is 5.69 Å². The molecule has 12 heteroatoms. The van der Waals surface area contributed by atoms with Crippen molar-refractivity contribution in [2.75, 3.05) is 19.6 Å². The van der Waals surface area contributed by atoms with E-state index in [4.69, 9.17) is 0 Å². The first kappa shape index (κ1) is 28.9. The predicted molar refractivity (Wildman–Crippen MR) is 162 cm³/mol. The summed E-state index contributed by atoms with van der Waals surface area (Å²) in [6, 6.07) is 16.6. The number of fused-ring (bicyclic) bond motifs is 2. The number of nitrogens with one attached hydrogen (secondary N) is 1. The topological polar surface area (TPSA) is 127 Å². The second-order valence-electron chi connectivity index (χ2n) is 11.0. The van der Waals surface area contributed by atoms with Gasteiger partial charge in [0.05, 0.1) is 42.7 Å². The minimum atomic E-state index is -0.870. The van der Waals surface area contributed by atoms with Gasteiger partial charge in [0.1, 0.15) is 18.0 Å². The molecular weight excluding hydrogens is 560 g/mol. The molecule has 2 aliphatic heterocycles. The fourth-order valence-electron chi connectivity index (χ4n) is 6.00. The Morgan fingerprint density at radius 1 is 1.09 bits per heavy atom. The molecule has 2 aliphatic rings. The second-order valence-corrected chi connectivity index (χ2v) is 11.0. The average Bonchev–Trinajstić information content (AvgIpc) is 3.41. The van der Waals surface area contributed by atoms with E-state index < -0.39 is 18.2 Å². The minimum Gasteiger partial charge on any atom is -0.508 e. The molecule has 2 aromatic heterocycles. The number of phenols is 1. The normalized spacial score (nSPS) is 18.9. The first-order valence-electron chi connectivity index (χ1n) is 14.4. The van der Waals surface area contributed by atoms with Crippen molar-refractivity contribution in [3.8, 4) is 5.75 Å². The Labute approximate surface area is 254 Å². The van der Waals surface area contributed by atoms with Gasteiger partial charge in [-0.05, 0) is 41.5 Å². The van der Waals surface area contributed by atoms with Gasteiger partial charge in [-0.25, -0.2) is 19.8 Å². The molecule has 0 bridgehead atoms. The molecule has 4 aromatic rings. The summed E-state index contributed by atoms with van der Waals surface area (Å²) in [5.41, 5.74) is 4.06. The average molecular weight is 595 g/mol.